The van der Waals surface area contributed by atoms with Crippen LogP contribution < -0.4 is 5.32 Å². The van der Waals surface area contributed by atoms with E-state index < -0.39 is 0 Å². The zero-order valence-corrected chi connectivity index (χ0v) is 13.0. The average Bonchev–Trinajstić information content (AvgIpc) is 2.38. The van der Waals surface area contributed by atoms with Crippen LogP contribution >= 0.6 is 15.9 Å². The van der Waals surface area contributed by atoms with Gasteiger partial charge in [0.25, 0.3) is 0 Å². The number of carbonyl (C=O) groups is 1. The number of rotatable bonds is 3. The molecule has 0 spiro atoms. The van der Waals surface area contributed by atoms with Crippen molar-refractivity contribution < 1.29 is 4.79 Å². The van der Waals surface area contributed by atoms with Gasteiger partial charge in [0.15, 0.2) is 0 Å². The van der Waals surface area contributed by atoms with Crippen LogP contribution in [0.2, 0.25) is 0 Å². The van der Waals surface area contributed by atoms with Crippen LogP contribution in [0.25, 0.3) is 0 Å². The quantitative estimate of drug-likeness (QED) is 0.910. The fourth-order valence-corrected chi connectivity index (χ4v) is 2.79. The van der Waals surface area contributed by atoms with Crippen LogP contribution in [-0.4, -0.2) is 55.5 Å². The summed E-state index contributed by atoms with van der Waals surface area (Å²) in [6, 6.07) is 8.19. The van der Waals surface area contributed by atoms with Crippen molar-refractivity contribution in [1.29, 1.82) is 0 Å². The van der Waals surface area contributed by atoms with Gasteiger partial charge in [-0.2, -0.15) is 0 Å². The molecule has 0 saturated carbocycles. The third-order valence-electron chi connectivity index (χ3n) is 3.35. The highest BCUT2D eigenvalue weighted by Crippen LogP contribution is 2.16. The van der Waals surface area contributed by atoms with Crippen molar-refractivity contribution >= 4 is 21.8 Å². The van der Waals surface area contributed by atoms with Crippen molar-refractivity contribution in [2.24, 2.45) is 0 Å². The maximum atomic E-state index is 12.2. The lowest BCUT2D eigenvalue weighted by atomic mass is 10.1. The van der Waals surface area contributed by atoms with E-state index >= 15 is 0 Å². The molecule has 5 heteroatoms. The summed E-state index contributed by atoms with van der Waals surface area (Å²) >= 11 is 3.49. The maximum Gasteiger partial charge on any atom is 0.240 e. The molecule has 4 nitrogen and oxygen atoms in total. The number of carbonyl (C=O) groups excluding carboxylic acids is 1. The van der Waals surface area contributed by atoms with Crippen molar-refractivity contribution in [1.82, 2.24) is 15.1 Å². The number of halogens is 1. The molecule has 1 atom stereocenters. The summed E-state index contributed by atoms with van der Waals surface area (Å²) in [6.45, 7) is 3.37. The van der Waals surface area contributed by atoms with Gasteiger partial charge >= 0.3 is 0 Å². The van der Waals surface area contributed by atoms with Gasteiger partial charge in [0.1, 0.15) is 6.04 Å². The van der Waals surface area contributed by atoms with Gasteiger partial charge in [0.2, 0.25) is 5.91 Å². The lowest BCUT2D eigenvalue weighted by Gasteiger charge is -2.36. The Balaban J connectivity index is 2.09. The van der Waals surface area contributed by atoms with Crippen LogP contribution in [-0.2, 0) is 11.3 Å². The van der Waals surface area contributed by atoms with E-state index in [4.69, 9.17) is 0 Å². The highest BCUT2D eigenvalue weighted by atomic mass is 79.9. The molecular weight excluding hydrogens is 306 g/mol. The molecule has 1 saturated heterocycles. The first kappa shape index (κ1) is 14.5. The molecule has 1 N–H and O–H groups in total. The smallest absolute Gasteiger partial charge is 0.240 e. The minimum atomic E-state index is -0.0669. The van der Waals surface area contributed by atoms with Crippen molar-refractivity contribution in [3.8, 4) is 0 Å². The van der Waals surface area contributed by atoms with Gasteiger partial charge in [-0.1, -0.05) is 28.1 Å². The van der Waals surface area contributed by atoms with E-state index in [2.05, 4.69) is 38.3 Å². The molecule has 19 heavy (non-hydrogen) atoms. The summed E-state index contributed by atoms with van der Waals surface area (Å²) in [5.41, 5.74) is 1.23. The van der Waals surface area contributed by atoms with Gasteiger partial charge in [-0.3, -0.25) is 9.69 Å². The first-order valence-electron chi connectivity index (χ1n) is 6.48. The SMILES string of the molecule is CN(C)C(=O)C1CNCCN1Cc1cccc(Br)c1. The van der Waals surface area contributed by atoms with E-state index in [1.807, 2.05) is 26.2 Å². The number of benzene rings is 1. The molecule has 1 fully saturated rings. The highest BCUT2D eigenvalue weighted by Gasteiger charge is 2.29. The Bertz CT molecular complexity index is 450. The number of hydrogen-bond donors (Lipinski definition) is 1. The molecular formula is C14H20BrN3O. The fourth-order valence-electron chi connectivity index (χ4n) is 2.35. The van der Waals surface area contributed by atoms with Gasteiger partial charge in [0, 0.05) is 44.7 Å². The molecule has 0 aromatic heterocycles. The summed E-state index contributed by atoms with van der Waals surface area (Å²) in [4.78, 5) is 16.1. The second-order valence-electron chi connectivity index (χ2n) is 5.05. The zero-order valence-electron chi connectivity index (χ0n) is 11.4. The zero-order chi connectivity index (χ0) is 13.8. The Morgan fingerprint density at radius 1 is 1.53 bits per heavy atom. The minimum Gasteiger partial charge on any atom is -0.347 e. The molecule has 1 aromatic carbocycles. The van der Waals surface area contributed by atoms with E-state index in [1.165, 1.54) is 5.56 Å². The highest BCUT2D eigenvalue weighted by molar-refractivity contribution is 9.10. The Labute approximate surface area is 122 Å². The Morgan fingerprint density at radius 3 is 3.00 bits per heavy atom. The molecule has 1 aliphatic rings. The summed E-state index contributed by atoms with van der Waals surface area (Å²) < 4.78 is 1.08. The molecule has 2 rings (SSSR count). The molecule has 0 aliphatic carbocycles. The molecule has 1 aromatic rings. The number of piperazine rings is 1. The molecule has 1 amide bonds. The van der Waals surface area contributed by atoms with Crippen LogP contribution in [0.3, 0.4) is 0 Å². The standard InChI is InChI=1S/C14H20BrN3O/c1-17(2)14(19)13-9-16-6-7-18(13)10-11-4-3-5-12(15)8-11/h3-5,8,13,16H,6-7,9-10H2,1-2H3. The Morgan fingerprint density at radius 2 is 2.32 bits per heavy atom. The lowest BCUT2D eigenvalue weighted by molar-refractivity contribution is -0.135. The molecule has 104 valence electrons. The number of amides is 1. The summed E-state index contributed by atoms with van der Waals surface area (Å²) in [6.07, 6.45) is 0. The predicted molar refractivity (Wildman–Crippen MR) is 79.9 cm³/mol. The van der Waals surface area contributed by atoms with E-state index in [-0.39, 0.29) is 11.9 Å². The molecule has 1 aliphatic heterocycles. The number of nitrogens with zero attached hydrogens (tertiary/aromatic N) is 2. The Kier molecular flexibility index (Phi) is 4.96. The van der Waals surface area contributed by atoms with Gasteiger partial charge in [-0.05, 0) is 17.7 Å². The largest absolute Gasteiger partial charge is 0.347 e. The van der Waals surface area contributed by atoms with Gasteiger partial charge in [0.05, 0.1) is 0 Å². The third-order valence-corrected chi connectivity index (χ3v) is 3.85. The monoisotopic (exact) mass is 325 g/mol. The van der Waals surface area contributed by atoms with E-state index in [1.54, 1.807) is 4.90 Å². The number of likely N-dealkylation sites (N-methyl/N-ethyl adjacent to an activating group) is 1. The van der Waals surface area contributed by atoms with Crippen molar-refractivity contribution in [3.05, 3.63) is 34.3 Å². The predicted octanol–water partition coefficient (Wildman–Crippen LogP) is 1.31. The van der Waals surface area contributed by atoms with Gasteiger partial charge in [-0.15, -0.1) is 0 Å². The molecule has 0 radical (unpaired) electrons. The van der Waals surface area contributed by atoms with Crippen molar-refractivity contribution in [3.63, 3.8) is 0 Å². The van der Waals surface area contributed by atoms with Crippen molar-refractivity contribution in [2.45, 2.75) is 12.6 Å². The number of hydrogen-bond acceptors (Lipinski definition) is 3. The third kappa shape index (κ3) is 3.78. The fraction of sp³-hybridized carbons (Fsp3) is 0.500. The van der Waals surface area contributed by atoms with E-state index in [0.717, 1.165) is 30.7 Å². The average molecular weight is 326 g/mol. The van der Waals surface area contributed by atoms with Gasteiger partial charge < -0.3 is 10.2 Å². The second-order valence-corrected chi connectivity index (χ2v) is 5.97. The van der Waals surface area contributed by atoms with Gasteiger partial charge in [-0.25, -0.2) is 0 Å². The van der Waals surface area contributed by atoms with Crippen LogP contribution in [0.1, 0.15) is 5.56 Å². The van der Waals surface area contributed by atoms with E-state index in [9.17, 15) is 4.79 Å². The summed E-state index contributed by atoms with van der Waals surface area (Å²) in [5.74, 6) is 0.169. The van der Waals surface area contributed by atoms with Crippen molar-refractivity contribution in [2.75, 3.05) is 33.7 Å². The first-order valence-corrected chi connectivity index (χ1v) is 7.27. The van der Waals surface area contributed by atoms with Crippen LogP contribution in [0.5, 0.6) is 0 Å². The number of nitrogens with one attached hydrogen (secondary N) is 1. The normalized spacial score (nSPS) is 20.3. The summed E-state index contributed by atoms with van der Waals surface area (Å²) in [7, 11) is 3.63. The maximum absolute atomic E-state index is 12.2. The van der Waals surface area contributed by atoms with E-state index in [0.29, 0.717) is 0 Å². The molecule has 1 unspecified atom stereocenters. The van der Waals surface area contributed by atoms with Crippen LogP contribution in [0, 0.1) is 0 Å². The minimum absolute atomic E-state index is 0.0669. The molecule has 0 bridgehead atoms. The van der Waals surface area contributed by atoms with Crippen LogP contribution in [0.4, 0.5) is 0 Å². The summed E-state index contributed by atoms with van der Waals surface area (Å²) in [5, 5.41) is 3.30. The van der Waals surface area contributed by atoms with Crippen LogP contribution in [0.15, 0.2) is 28.7 Å². The Hall–Kier alpha value is -0.910. The first-order chi connectivity index (χ1) is 9.08. The molecule has 1 heterocycles. The lowest BCUT2D eigenvalue weighted by Crippen LogP contribution is -2.57. The second kappa shape index (κ2) is 6.50. The topological polar surface area (TPSA) is 35.6 Å².